The van der Waals surface area contributed by atoms with E-state index in [0.717, 1.165) is 0 Å². The molecule has 0 saturated carbocycles. The molecule has 0 spiro atoms. The van der Waals surface area contributed by atoms with Crippen LogP contribution in [0.25, 0.3) is 0 Å². The van der Waals surface area contributed by atoms with Gasteiger partial charge >= 0.3 is 0 Å². The highest BCUT2D eigenvalue weighted by Gasteiger charge is 2.14. The number of aromatic nitrogens is 2. The molecule has 0 saturated heterocycles. The number of carbonyl (C=O) groups excluding carboxylic acids is 1. The highest BCUT2D eigenvalue weighted by Crippen LogP contribution is 2.24. The van der Waals surface area contributed by atoms with E-state index in [0.29, 0.717) is 38.8 Å². The largest absolute Gasteiger partial charge is 0.494 e. The summed E-state index contributed by atoms with van der Waals surface area (Å²) in [5.74, 6) is 0.310. The van der Waals surface area contributed by atoms with E-state index >= 15 is 0 Å². The standard InChI is InChI=1S/C19H16BrClFN3O2/c1-2-27-13-8-6-12(7-9-13)19(26)23-18-15(20)11-25(24-18)10-14-16(21)4-3-5-17(14)22/h3-9,11H,2,10H2,1H3,(H,23,24,26). The Balaban J connectivity index is 1.73. The fourth-order valence-electron chi connectivity index (χ4n) is 2.46. The number of hydrogen-bond donors (Lipinski definition) is 1. The van der Waals surface area contributed by atoms with Crippen molar-refractivity contribution in [3.05, 3.63) is 75.1 Å². The topological polar surface area (TPSA) is 56.1 Å². The van der Waals surface area contributed by atoms with Gasteiger partial charge in [0.2, 0.25) is 0 Å². The Morgan fingerprint density at radius 1 is 1.30 bits per heavy atom. The predicted molar refractivity (Wildman–Crippen MR) is 106 cm³/mol. The molecule has 0 fully saturated rings. The molecule has 3 aromatic rings. The predicted octanol–water partition coefficient (Wildman–Crippen LogP) is 5.14. The molecule has 0 aliphatic carbocycles. The molecular formula is C19H16BrClFN3O2. The summed E-state index contributed by atoms with van der Waals surface area (Å²) in [6.07, 6.45) is 1.65. The number of hydrogen-bond acceptors (Lipinski definition) is 3. The minimum absolute atomic E-state index is 0.142. The molecule has 1 amide bonds. The summed E-state index contributed by atoms with van der Waals surface area (Å²) < 4.78 is 21.4. The van der Waals surface area contributed by atoms with Crippen molar-refractivity contribution in [2.75, 3.05) is 11.9 Å². The van der Waals surface area contributed by atoms with Crippen LogP contribution in [0.1, 0.15) is 22.8 Å². The van der Waals surface area contributed by atoms with Gasteiger partial charge in [-0.15, -0.1) is 0 Å². The molecule has 27 heavy (non-hydrogen) atoms. The molecule has 0 bridgehead atoms. The first kappa shape index (κ1) is 19.4. The van der Waals surface area contributed by atoms with Crippen LogP contribution in [0.4, 0.5) is 10.2 Å². The van der Waals surface area contributed by atoms with Crippen molar-refractivity contribution in [2.24, 2.45) is 0 Å². The smallest absolute Gasteiger partial charge is 0.256 e. The first-order valence-corrected chi connectivity index (χ1v) is 9.35. The molecule has 3 rings (SSSR count). The van der Waals surface area contributed by atoms with Gasteiger partial charge in [-0.1, -0.05) is 17.7 Å². The van der Waals surface area contributed by atoms with Crippen LogP contribution in [0, 0.1) is 5.82 Å². The zero-order valence-corrected chi connectivity index (χ0v) is 16.7. The fourth-order valence-corrected chi connectivity index (χ4v) is 3.09. The Morgan fingerprint density at radius 3 is 2.70 bits per heavy atom. The summed E-state index contributed by atoms with van der Waals surface area (Å²) in [5.41, 5.74) is 0.801. The number of halogens is 3. The molecule has 0 radical (unpaired) electrons. The molecule has 140 valence electrons. The Kier molecular flexibility index (Phi) is 6.13. The second-order valence-corrected chi connectivity index (χ2v) is 6.90. The van der Waals surface area contributed by atoms with E-state index in [4.69, 9.17) is 16.3 Å². The van der Waals surface area contributed by atoms with E-state index in [-0.39, 0.29) is 12.5 Å². The third-order valence-electron chi connectivity index (χ3n) is 3.76. The van der Waals surface area contributed by atoms with Gasteiger partial charge in [-0.3, -0.25) is 9.48 Å². The molecule has 8 heteroatoms. The normalized spacial score (nSPS) is 10.7. The van der Waals surface area contributed by atoms with Crippen LogP contribution in [0.5, 0.6) is 5.75 Å². The minimum atomic E-state index is -0.408. The lowest BCUT2D eigenvalue weighted by Gasteiger charge is -2.06. The number of benzene rings is 2. The zero-order valence-electron chi connectivity index (χ0n) is 14.4. The first-order chi connectivity index (χ1) is 13.0. The van der Waals surface area contributed by atoms with Crippen LogP contribution in [0.3, 0.4) is 0 Å². The van der Waals surface area contributed by atoms with Gasteiger partial charge in [0.1, 0.15) is 11.6 Å². The number of carbonyl (C=O) groups is 1. The number of nitrogens with one attached hydrogen (secondary N) is 1. The maximum Gasteiger partial charge on any atom is 0.256 e. The Bertz CT molecular complexity index is 940. The zero-order chi connectivity index (χ0) is 19.4. The number of nitrogens with zero attached hydrogens (tertiary/aromatic N) is 2. The van der Waals surface area contributed by atoms with E-state index in [2.05, 4.69) is 26.3 Å². The molecule has 1 aromatic heterocycles. The van der Waals surface area contributed by atoms with Crippen molar-refractivity contribution in [3.63, 3.8) is 0 Å². The summed E-state index contributed by atoms with van der Waals surface area (Å²) in [6.45, 7) is 2.59. The molecule has 2 aromatic carbocycles. The summed E-state index contributed by atoms with van der Waals surface area (Å²) >= 11 is 9.41. The number of ether oxygens (including phenoxy) is 1. The van der Waals surface area contributed by atoms with Crippen LogP contribution >= 0.6 is 27.5 Å². The lowest BCUT2D eigenvalue weighted by Crippen LogP contribution is -2.13. The Labute approximate surface area is 169 Å². The number of anilines is 1. The third kappa shape index (κ3) is 4.67. The van der Waals surface area contributed by atoms with Crippen LogP contribution in [0.15, 0.2) is 53.1 Å². The van der Waals surface area contributed by atoms with Crippen molar-refractivity contribution in [3.8, 4) is 5.75 Å². The molecule has 0 unspecified atom stereocenters. The van der Waals surface area contributed by atoms with Gasteiger partial charge in [0.05, 0.1) is 17.6 Å². The van der Waals surface area contributed by atoms with Crippen molar-refractivity contribution < 1.29 is 13.9 Å². The van der Waals surface area contributed by atoms with E-state index in [9.17, 15) is 9.18 Å². The molecule has 1 heterocycles. The molecule has 0 aliphatic heterocycles. The molecule has 1 N–H and O–H groups in total. The summed E-state index contributed by atoms with van der Waals surface area (Å²) in [4.78, 5) is 12.4. The lowest BCUT2D eigenvalue weighted by molar-refractivity contribution is 0.102. The molecule has 5 nitrogen and oxygen atoms in total. The van der Waals surface area contributed by atoms with Gasteiger partial charge in [-0.2, -0.15) is 5.10 Å². The van der Waals surface area contributed by atoms with Crippen molar-refractivity contribution in [1.29, 1.82) is 0 Å². The second kappa shape index (κ2) is 8.54. The quantitative estimate of drug-likeness (QED) is 0.563. The van der Waals surface area contributed by atoms with Crippen molar-refractivity contribution in [1.82, 2.24) is 9.78 Å². The highest BCUT2D eigenvalue weighted by molar-refractivity contribution is 9.10. The average Bonchev–Trinajstić information content (AvgIpc) is 2.98. The number of rotatable bonds is 6. The van der Waals surface area contributed by atoms with Gasteiger partial charge in [0.25, 0.3) is 5.91 Å². The highest BCUT2D eigenvalue weighted by atomic mass is 79.9. The monoisotopic (exact) mass is 451 g/mol. The lowest BCUT2D eigenvalue weighted by atomic mass is 10.2. The minimum Gasteiger partial charge on any atom is -0.494 e. The molecule has 0 atom stereocenters. The second-order valence-electron chi connectivity index (χ2n) is 5.63. The van der Waals surface area contributed by atoms with E-state index in [1.165, 1.54) is 10.7 Å². The average molecular weight is 453 g/mol. The molecular weight excluding hydrogens is 437 g/mol. The molecule has 0 aliphatic rings. The van der Waals surface area contributed by atoms with Crippen molar-refractivity contribution >= 4 is 39.3 Å². The van der Waals surface area contributed by atoms with Gasteiger partial charge in [-0.05, 0) is 59.3 Å². The van der Waals surface area contributed by atoms with Gasteiger partial charge < -0.3 is 10.1 Å². The van der Waals surface area contributed by atoms with Gasteiger partial charge in [-0.25, -0.2) is 4.39 Å². The number of amides is 1. The van der Waals surface area contributed by atoms with Crippen LogP contribution in [-0.4, -0.2) is 22.3 Å². The fraction of sp³-hybridized carbons (Fsp3) is 0.158. The summed E-state index contributed by atoms with van der Waals surface area (Å²) in [7, 11) is 0. The van der Waals surface area contributed by atoms with E-state index in [1.807, 2.05) is 6.92 Å². The van der Waals surface area contributed by atoms with Gasteiger partial charge in [0.15, 0.2) is 5.82 Å². The van der Waals surface area contributed by atoms with Gasteiger partial charge in [0, 0.05) is 22.3 Å². The first-order valence-electron chi connectivity index (χ1n) is 8.18. The Hall–Kier alpha value is -2.38. The maximum atomic E-state index is 13.9. The van der Waals surface area contributed by atoms with Crippen LogP contribution < -0.4 is 10.1 Å². The van der Waals surface area contributed by atoms with Crippen molar-refractivity contribution in [2.45, 2.75) is 13.5 Å². The third-order valence-corrected chi connectivity index (χ3v) is 4.69. The SMILES string of the molecule is CCOc1ccc(C(=O)Nc2nn(Cc3c(F)cccc3Cl)cc2Br)cc1. The van der Waals surface area contributed by atoms with E-state index in [1.54, 1.807) is 42.6 Å². The Morgan fingerprint density at radius 2 is 2.04 bits per heavy atom. The van der Waals surface area contributed by atoms with Crippen LogP contribution in [-0.2, 0) is 6.54 Å². The maximum absolute atomic E-state index is 13.9. The van der Waals surface area contributed by atoms with E-state index < -0.39 is 5.82 Å². The summed E-state index contributed by atoms with van der Waals surface area (Å²) in [5, 5.41) is 7.34. The summed E-state index contributed by atoms with van der Waals surface area (Å²) in [6, 6.07) is 11.3. The van der Waals surface area contributed by atoms with Crippen LogP contribution in [0.2, 0.25) is 5.02 Å².